The Hall–Kier alpha value is -2.45. The van der Waals surface area contributed by atoms with Crippen molar-refractivity contribution in [3.05, 3.63) is 47.1 Å². The quantitative estimate of drug-likeness (QED) is 0.462. The van der Waals surface area contributed by atoms with Crippen LogP contribution in [0.1, 0.15) is 16.8 Å². The standard InChI is InChI=1S/C14H10ClNO6S/c15-8-1-3-9(4-2-8)23(21,22)13-10(5-6-16-13)11(17)7-12(18)14(19)20/h1-6,16H,7H2,(H,19,20). The molecule has 0 saturated heterocycles. The Bertz CT molecular complexity index is 882. The topological polar surface area (TPSA) is 121 Å². The molecule has 0 spiro atoms. The third kappa shape index (κ3) is 3.49. The zero-order valence-electron chi connectivity index (χ0n) is 11.4. The van der Waals surface area contributed by atoms with Crippen LogP contribution in [0.3, 0.4) is 0 Å². The van der Waals surface area contributed by atoms with Gasteiger partial charge in [0.25, 0.3) is 0 Å². The van der Waals surface area contributed by atoms with E-state index in [0.717, 1.165) is 0 Å². The maximum atomic E-state index is 12.5. The number of carbonyl (C=O) groups is 3. The van der Waals surface area contributed by atoms with E-state index in [0.29, 0.717) is 5.02 Å². The lowest BCUT2D eigenvalue weighted by Gasteiger charge is -2.05. The molecule has 2 rings (SSSR count). The minimum Gasteiger partial charge on any atom is -0.475 e. The third-order valence-corrected chi connectivity index (χ3v) is 4.98. The number of aromatic amines is 1. The number of carboxylic acid groups (broad SMARTS) is 1. The van der Waals surface area contributed by atoms with Crippen molar-refractivity contribution in [2.45, 2.75) is 16.3 Å². The lowest BCUT2D eigenvalue weighted by Crippen LogP contribution is -2.18. The summed E-state index contributed by atoms with van der Waals surface area (Å²) < 4.78 is 25.0. The van der Waals surface area contributed by atoms with Crippen molar-refractivity contribution in [3.8, 4) is 0 Å². The van der Waals surface area contributed by atoms with E-state index in [-0.39, 0.29) is 10.5 Å². The molecule has 2 N–H and O–H groups in total. The molecule has 1 aromatic heterocycles. The zero-order chi connectivity index (χ0) is 17.2. The number of benzene rings is 1. The lowest BCUT2D eigenvalue weighted by molar-refractivity contribution is -0.148. The molecule has 1 heterocycles. The lowest BCUT2D eigenvalue weighted by atomic mass is 10.1. The summed E-state index contributed by atoms with van der Waals surface area (Å²) in [6, 6.07) is 6.49. The van der Waals surface area contributed by atoms with Crippen molar-refractivity contribution in [2.75, 3.05) is 0 Å². The molecule has 0 amide bonds. The van der Waals surface area contributed by atoms with E-state index in [9.17, 15) is 22.8 Å². The second kappa shape index (κ2) is 6.35. The first-order valence-corrected chi connectivity index (χ1v) is 8.07. The number of sulfone groups is 1. The van der Waals surface area contributed by atoms with Crippen LogP contribution < -0.4 is 0 Å². The van der Waals surface area contributed by atoms with Gasteiger partial charge in [0.15, 0.2) is 5.78 Å². The molecule has 0 atom stereocenters. The summed E-state index contributed by atoms with van der Waals surface area (Å²) in [6.07, 6.45) is 0.303. The summed E-state index contributed by atoms with van der Waals surface area (Å²) in [4.78, 5) is 36.0. The van der Waals surface area contributed by atoms with E-state index < -0.39 is 38.8 Å². The fraction of sp³-hybridized carbons (Fsp3) is 0.0714. The Morgan fingerprint density at radius 1 is 1.09 bits per heavy atom. The molecule has 0 radical (unpaired) electrons. The molecule has 7 nitrogen and oxygen atoms in total. The predicted molar refractivity (Wildman–Crippen MR) is 79.3 cm³/mol. The summed E-state index contributed by atoms with van der Waals surface area (Å²) in [5.74, 6) is -3.96. The molecule has 0 bridgehead atoms. The van der Waals surface area contributed by atoms with Gasteiger partial charge in [0.2, 0.25) is 15.6 Å². The first-order chi connectivity index (χ1) is 10.7. The van der Waals surface area contributed by atoms with E-state index >= 15 is 0 Å². The molecule has 2 aromatic rings. The zero-order valence-corrected chi connectivity index (χ0v) is 13.0. The highest BCUT2D eigenvalue weighted by Gasteiger charge is 2.27. The van der Waals surface area contributed by atoms with E-state index in [1.807, 2.05) is 0 Å². The van der Waals surface area contributed by atoms with E-state index in [4.69, 9.17) is 16.7 Å². The molecule has 0 unspecified atom stereocenters. The number of H-pyrrole nitrogens is 1. The minimum atomic E-state index is -4.04. The van der Waals surface area contributed by atoms with Crippen molar-refractivity contribution in [2.24, 2.45) is 0 Å². The number of ketones is 2. The number of carbonyl (C=O) groups excluding carboxylic acids is 2. The van der Waals surface area contributed by atoms with Crippen LogP contribution >= 0.6 is 11.6 Å². The van der Waals surface area contributed by atoms with Crippen LogP contribution in [0, 0.1) is 0 Å². The van der Waals surface area contributed by atoms with Gasteiger partial charge >= 0.3 is 5.97 Å². The molecule has 9 heteroatoms. The van der Waals surface area contributed by atoms with Gasteiger partial charge < -0.3 is 10.1 Å². The molecule has 23 heavy (non-hydrogen) atoms. The molecule has 0 aliphatic carbocycles. The maximum Gasteiger partial charge on any atom is 0.372 e. The fourth-order valence-corrected chi connectivity index (χ4v) is 3.39. The molecular formula is C14H10ClNO6S. The average molecular weight is 356 g/mol. The molecule has 0 aliphatic rings. The van der Waals surface area contributed by atoms with Crippen molar-refractivity contribution in [3.63, 3.8) is 0 Å². The summed E-state index contributed by atoms with van der Waals surface area (Å²) >= 11 is 5.71. The van der Waals surface area contributed by atoms with E-state index in [2.05, 4.69) is 4.98 Å². The Kier molecular flexibility index (Phi) is 4.67. The van der Waals surface area contributed by atoms with Crippen LogP contribution in [0.25, 0.3) is 0 Å². The number of nitrogens with one attached hydrogen (secondary N) is 1. The van der Waals surface area contributed by atoms with E-state index in [1.54, 1.807) is 0 Å². The summed E-state index contributed by atoms with van der Waals surface area (Å²) in [5.41, 5.74) is -0.269. The molecule has 0 fully saturated rings. The van der Waals surface area contributed by atoms with Gasteiger partial charge in [-0.3, -0.25) is 9.59 Å². The van der Waals surface area contributed by atoms with Gasteiger partial charge in [0, 0.05) is 11.2 Å². The normalized spacial score (nSPS) is 11.2. The van der Waals surface area contributed by atoms with Gasteiger partial charge in [-0.25, -0.2) is 13.2 Å². The van der Waals surface area contributed by atoms with Crippen LogP contribution in [-0.2, 0) is 19.4 Å². The highest BCUT2D eigenvalue weighted by atomic mass is 35.5. The molecule has 120 valence electrons. The summed E-state index contributed by atoms with van der Waals surface area (Å²) in [7, 11) is -4.04. The monoisotopic (exact) mass is 355 g/mol. The Morgan fingerprint density at radius 3 is 2.26 bits per heavy atom. The number of rotatable bonds is 6. The molecule has 1 aromatic carbocycles. The molecule has 0 aliphatic heterocycles. The van der Waals surface area contributed by atoms with Crippen molar-refractivity contribution in [1.29, 1.82) is 0 Å². The fourth-order valence-electron chi connectivity index (χ4n) is 1.84. The van der Waals surface area contributed by atoms with Crippen molar-refractivity contribution < 1.29 is 27.9 Å². The van der Waals surface area contributed by atoms with Crippen molar-refractivity contribution in [1.82, 2.24) is 4.98 Å². The largest absolute Gasteiger partial charge is 0.475 e. The number of aliphatic carboxylic acids is 1. The first kappa shape index (κ1) is 16.9. The highest BCUT2D eigenvalue weighted by molar-refractivity contribution is 7.91. The average Bonchev–Trinajstić information content (AvgIpc) is 2.97. The van der Waals surface area contributed by atoms with Crippen LogP contribution in [-0.4, -0.2) is 36.0 Å². The smallest absolute Gasteiger partial charge is 0.372 e. The molecule has 0 saturated carbocycles. The van der Waals surface area contributed by atoms with Gasteiger partial charge in [-0.2, -0.15) is 0 Å². The van der Waals surface area contributed by atoms with Gasteiger partial charge in [0.05, 0.1) is 16.9 Å². The minimum absolute atomic E-state index is 0.0945. The van der Waals surface area contributed by atoms with Crippen LogP contribution in [0.5, 0.6) is 0 Å². The van der Waals surface area contributed by atoms with Crippen LogP contribution in [0.15, 0.2) is 46.5 Å². The highest BCUT2D eigenvalue weighted by Crippen LogP contribution is 2.25. The Balaban J connectivity index is 2.40. The third-order valence-electron chi connectivity index (χ3n) is 2.96. The Labute approximate surface area is 135 Å². The van der Waals surface area contributed by atoms with Crippen LogP contribution in [0.2, 0.25) is 5.02 Å². The number of carboxylic acids is 1. The van der Waals surface area contributed by atoms with Gasteiger partial charge in [-0.15, -0.1) is 0 Å². The maximum absolute atomic E-state index is 12.5. The van der Waals surface area contributed by atoms with Gasteiger partial charge in [-0.1, -0.05) is 11.6 Å². The van der Waals surface area contributed by atoms with Crippen LogP contribution in [0.4, 0.5) is 0 Å². The summed E-state index contributed by atoms with van der Waals surface area (Å²) in [5, 5.41) is 8.47. The number of Topliss-reactive ketones (excluding diaryl/α,β-unsaturated/α-hetero) is 2. The Morgan fingerprint density at radius 2 is 1.70 bits per heavy atom. The SMILES string of the molecule is O=C(O)C(=O)CC(=O)c1cc[nH]c1S(=O)(=O)c1ccc(Cl)cc1. The van der Waals surface area contributed by atoms with Gasteiger partial charge in [0.1, 0.15) is 5.03 Å². The first-order valence-electron chi connectivity index (χ1n) is 6.21. The number of hydrogen-bond acceptors (Lipinski definition) is 5. The van der Waals surface area contributed by atoms with Gasteiger partial charge in [-0.05, 0) is 30.3 Å². The second-order valence-electron chi connectivity index (χ2n) is 4.51. The number of halogens is 1. The van der Waals surface area contributed by atoms with E-state index in [1.165, 1.54) is 36.5 Å². The summed E-state index contributed by atoms with van der Waals surface area (Å²) in [6.45, 7) is 0. The number of hydrogen-bond donors (Lipinski definition) is 2. The number of aromatic nitrogens is 1. The molecular weight excluding hydrogens is 346 g/mol. The second-order valence-corrected chi connectivity index (χ2v) is 6.83. The van der Waals surface area contributed by atoms with Crippen molar-refractivity contribution >= 4 is 39.0 Å². The predicted octanol–water partition coefficient (Wildman–Crippen LogP) is 1.73.